The van der Waals surface area contributed by atoms with Crippen LogP contribution >= 0.6 is 0 Å². The summed E-state index contributed by atoms with van der Waals surface area (Å²) >= 11 is 0. The number of hydrogen-bond donors (Lipinski definition) is 1. The molecular formula is C21H18FN3O. The summed E-state index contributed by atoms with van der Waals surface area (Å²) in [5.74, 6) is 1.20. The standard InChI is InChI=1S/C21H18FN3O/c1-13-9-16(10-19-21(13)25-14(2)24-19)18-11-17(22)3-4-20(18)26-12-15-5-7-23-8-6-15/h3-11H,12H2,1-2H3,(H,24,25). The van der Waals surface area contributed by atoms with Crippen LogP contribution in [-0.2, 0) is 6.61 Å². The van der Waals surface area contributed by atoms with Gasteiger partial charge in [0.05, 0.1) is 11.0 Å². The lowest BCUT2D eigenvalue weighted by Crippen LogP contribution is -1.98. The highest BCUT2D eigenvalue weighted by molar-refractivity contribution is 5.86. The van der Waals surface area contributed by atoms with Crippen molar-refractivity contribution in [2.45, 2.75) is 20.5 Å². The number of ether oxygens (including phenoxy) is 1. The number of rotatable bonds is 4. The normalized spacial score (nSPS) is 11.0. The fourth-order valence-electron chi connectivity index (χ4n) is 3.06. The average molecular weight is 347 g/mol. The number of aromatic nitrogens is 3. The van der Waals surface area contributed by atoms with Crippen LogP contribution in [0.25, 0.3) is 22.2 Å². The maximum absolute atomic E-state index is 13.9. The Morgan fingerprint density at radius 1 is 1.04 bits per heavy atom. The molecule has 4 nitrogen and oxygen atoms in total. The average Bonchev–Trinajstić information content (AvgIpc) is 3.02. The third-order valence-corrected chi connectivity index (χ3v) is 4.29. The summed E-state index contributed by atoms with van der Waals surface area (Å²) in [6.45, 7) is 4.32. The van der Waals surface area contributed by atoms with Crippen LogP contribution in [0.15, 0.2) is 54.9 Å². The monoisotopic (exact) mass is 347 g/mol. The molecule has 130 valence electrons. The topological polar surface area (TPSA) is 50.8 Å². The van der Waals surface area contributed by atoms with E-state index < -0.39 is 0 Å². The van der Waals surface area contributed by atoms with E-state index in [2.05, 4.69) is 15.0 Å². The van der Waals surface area contributed by atoms with Crippen molar-refractivity contribution in [1.82, 2.24) is 15.0 Å². The number of halogens is 1. The highest BCUT2D eigenvalue weighted by Crippen LogP contribution is 2.34. The molecule has 0 bridgehead atoms. The van der Waals surface area contributed by atoms with E-state index in [1.807, 2.05) is 38.1 Å². The molecule has 0 unspecified atom stereocenters. The maximum Gasteiger partial charge on any atom is 0.127 e. The first kappa shape index (κ1) is 16.3. The van der Waals surface area contributed by atoms with Gasteiger partial charge in [0, 0.05) is 18.0 Å². The fraction of sp³-hybridized carbons (Fsp3) is 0.143. The van der Waals surface area contributed by atoms with Crippen LogP contribution in [0.2, 0.25) is 0 Å². The predicted octanol–water partition coefficient (Wildman–Crippen LogP) is 4.96. The smallest absolute Gasteiger partial charge is 0.127 e. The second-order valence-electron chi connectivity index (χ2n) is 6.30. The van der Waals surface area contributed by atoms with Gasteiger partial charge in [0.1, 0.15) is 24.0 Å². The van der Waals surface area contributed by atoms with Crippen molar-refractivity contribution in [2.24, 2.45) is 0 Å². The van der Waals surface area contributed by atoms with Crippen LogP contribution in [0.3, 0.4) is 0 Å². The van der Waals surface area contributed by atoms with Gasteiger partial charge < -0.3 is 9.72 Å². The lowest BCUT2D eigenvalue weighted by molar-refractivity contribution is 0.307. The summed E-state index contributed by atoms with van der Waals surface area (Å²) in [4.78, 5) is 11.7. The molecule has 5 heteroatoms. The number of imidazole rings is 1. The number of benzene rings is 2. The zero-order valence-corrected chi connectivity index (χ0v) is 14.6. The minimum absolute atomic E-state index is 0.296. The van der Waals surface area contributed by atoms with E-state index in [0.717, 1.165) is 39.1 Å². The van der Waals surface area contributed by atoms with Gasteiger partial charge >= 0.3 is 0 Å². The molecule has 1 N–H and O–H groups in total. The lowest BCUT2D eigenvalue weighted by atomic mass is 10.0. The minimum Gasteiger partial charge on any atom is -0.488 e. The SMILES string of the molecule is Cc1nc2c(C)cc(-c3cc(F)ccc3OCc3ccncc3)cc2[nH]1. The van der Waals surface area contributed by atoms with Crippen molar-refractivity contribution in [3.8, 4) is 16.9 Å². The van der Waals surface area contributed by atoms with Gasteiger partial charge in [-0.25, -0.2) is 9.37 Å². The Labute approximate surface area is 150 Å². The Hall–Kier alpha value is -3.21. The van der Waals surface area contributed by atoms with E-state index in [1.165, 1.54) is 12.1 Å². The highest BCUT2D eigenvalue weighted by Gasteiger charge is 2.12. The predicted molar refractivity (Wildman–Crippen MR) is 99.5 cm³/mol. The highest BCUT2D eigenvalue weighted by atomic mass is 19.1. The molecule has 2 heterocycles. The van der Waals surface area contributed by atoms with Gasteiger partial charge in [-0.15, -0.1) is 0 Å². The Bertz CT molecular complexity index is 1070. The van der Waals surface area contributed by atoms with Crippen LogP contribution in [-0.4, -0.2) is 15.0 Å². The maximum atomic E-state index is 13.9. The Morgan fingerprint density at radius 2 is 1.85 bits per heavy atom. The van der Waals surface area contributed by atoms with E-state index >= 15 is 0 Å². The van der Waals surface area contributed by atoms with Gasteiger partial charge in [-0.3, -0.25) is 4.98 Å². The number of aryl methyl sites for hydroxylation is 2. The molecule has 0 atom stereocenters. The quantitative estimate of drug-likeness (QED) is 0.568. The summed E-state index contributed by atoms with van der Waals surface area (Å²) in [5, 5.41) is 0. The third kappa shape index (κ3) is 3.16. The van der Waals surface area contributed by atoms with Gasteiger partial charge in [0.15, 0.2) is 0 Å². The van der Waals surface area contributed by atoms with Crippen LogP contribution in [0.4, 0.5) is 4.39 Å². The molecule has 4 rings (SSSR count). The van der Waals surface area contributed by atoms with Crippen LogP contribution < -0.4 is 4.74 Å². The molecule has 0 aliphatic rings. The van der Waals surface area contributed by atoms with Crippen molar-refractivity contribution >= 4 is 11.0 Å². The van der Waals surface area contributed by atoms with E-state index in [-0.39, 0.29) is 5.82 Å². The van der Waals surface area contributed by atoms with E-state index in [1.54, 1.807) is 18.5 Å². The summed E-state index contributed by atoms with van der Waals surface area (Å²) < 4.78 is 19.9. The summed E-state index contributed by atoms with van der Waals surface area (Å²) in [6, 6.07) is 12.4. The Balaban J connectivity index is 1.74. The number of H-pyrrole nitrogens is 1. The molecule has 0 fully saturated rings. The number of hydrogen-bond acceptors (Lipinski definition) is 3. The van der Waals surface area contributed by atoms with Crippen molar-refractivity contribution in [3.63, 3.8) is 0 Å². The zero-order chi connectivity index (χ0) is 18.1. The van der Waals surface area contributed by atoms with Crippen LogP contribution in [0.1, 0.15) is 17.0 Å². The van der Waals surface area contributed by atoms with Gasteiger partial charge in [0.25, 0.3) is 0 Å². The second kappa shape index (κ2) is 6.59. The van der Waals surface area contributed by atoms with Crippen LogP contribution in [0.5, 0.6) is 5.75 Å². The van der Waals surface area contributed by atoms with Crippen LogP contribution in [0, 0.1) is 19.7 Å². The summed E-state index contributed by atoms with van der Waals surface area (Å²) in [7, 11) is 0. The first-order valence-electron chi connectivity index (χ1n) is 8.39. The number of nitrogens with one attached hydrogen (secondary N) is 1. The zero-order valence-electron chi connectivity index (χ0n) is 14.6. The number of aromatic amines is 1. The molecule has 0 spiro atoms. The Morgan fingerprint density at radius 3 is 2.65 bits per heavy atom. The number of nitrogens with zero attached hydrogens (tertiary/aromatic N) is 2. The van der Waals surface area contributed by atoms with E-state index in [0.29, 0.717) is 12.4 Å². The number of pyridine rings is 1. The molecule has 0 saturated heterocycles. The largest absolute Gasteiger partial charge is 0.488 e. The molecule has 26 heavy (non-hydrogen) atoms. The number of fused-ring (bicyclic) bond motifs is 1. The van der Waals surface area contributed by atoms with Gasteiger partial charge in [-0.05, 0) is 73.0 Å². The molecule has 0 amide bonds. The Kier molecular flexibility index (Phi) is 4.13. The van der Waals surface area contributed by atoms with Crippen molar-refractivity contribution in [2.75, 3.05) is 0 Å². The minimum atomic E-state index is -0.296. The van der Waals surface area contributed by atoms with Crippen molar-refractivity contribution < 1.29 is 9.13 Å². The molecule has 4 aromatic rings. The molecule has 0 aliphatic heterocycles. The van der Waals surface area contributed by atoms with E-state index in [9.17, 15) is 4.39 Å². The molecular weight excluding hydrogens is 329 g/mol. The van der Waals surface area contributed by atoms with Gasteiger partial charge in [-0.2, -0.15) is 0 Å². The van der Waals surface area contributed by atoms with Crippen molar-refractivity contribution in [1.29, 1.82) is 0 Å². The summed E-state index contributed by atoms with van der Waals surface area (Å²) in [6.07, 6.45) is 3.45. The molecule has 2 aromatic carbocycles. The fourth-order valence-corrected chi connectivity index (χ4v) is 3.06. The third-order valence-electron chi connectivity index (χ3n) is 4.29. The van der Waals surface area contributed by atoms with Gasteiger partial charge in [-0.1, -0.05) is 0 Å². The first-order chi connectivity index (χ1) is 12.6. The molecule has 0 saturated carbocycles. The van der Waals surface area contributed by atoms with Gasteiger partial charge in [0.2, 0.25) is 0 Å². The molecule has 2 aromatic heterocycles. The molecule has 0 aliphatic carbocycles. The van der Waals surface area contributed by atoms with E-state index in [4.69, 9.17) is 4.74 Å². The molecule has 0 radical (unpaired) electrons. The first-order valence-corrected chi connectivity index (χ1v) is 8.39. The van der Waals surface area contributed by atoms with Crippen molar-refractivity contribution in [3.05, 3.63) is 77.6 Å². The second-order valence-corrected chi connectivity index (χ2v) is 6.30. The summed E-state index contributed by atoms with van der Waals surface area (Å²) in [5.41, 5.74) is 5.51. The lowest BCUT2D eigenvalue weighted by Gasteiger charge is -2.13.